The van der Waals surface area contributed by atoms with Gasteiger partial charge in [-0.25, -0.2) is 4.98 Å². The topological polar surface area (TPSA) is 80.3 Å². The van der Waals surface area contributed by atoms with Crippen molar-refractivity contribution in [1.29, 1.82) is 0 Å². The number of guanidine groups is 1. The van der Waals surface area contributed by atoms with E-state index in [2.05, 4.69) is 68.4 Å². The molecule has 3 rings (SSSR count). The van der Waals surface area contributed by atoms with E-state index in [1.165, 1.54) is 11.1 Å². The van der Waals surface area contributed by atoms with E-state index in [-0.39, 0.29) is 0 Å². The predicted octanol–water partition coefficient (Wildman–Crippen LogP) is 2.91. The highest BCUT2D eigenvalue weighted by Crippen LogP contribution is 2.15. The summed E-state index contributed by atoms with van der Waals surface area (Å²) in [7, 11) is 1.78. The molecule has 2 aromatic heterocycles. The number of rotatable bonds is 8. The number of hydrogen-bond donors (Lipinski definition) is 2. The second kappa shape index (κ2) is 9.73. The number of hydrogen-bond acceptors (Lipinski definition) is 4. The van der Waals surface area contributed by atoms with Crippen LogP contribution in [0.5, 0.6) is 0 Å². The van der Waals surface area contributed by atoms with E-state index < -0.39 is 0 Å². The van der Waals surface area contributed by atoms with Crippen molar-refractivity contribution in [2.75, 3.05) is 7.05 Å². The molecule has 0 radical (unpaired) electrons. The Bertz CT molecular complexity index is 859. The van der Waals surface area contributed by atoms with Crippen LogP contribution >= 0.6 is 0 Å². The highest BCUT2D eigenvalue weighted by atomic mass is 16.5. The Labute approximate surface area is 165 Å². The lowest BCUT2D eigenvalue weighted by Crippen LogP contribution is -2.36. The molecular formula is C21H28N6O. The van der Waals surface area contributed by atoms with Crippen LogP contribution in [0.4, 0.5) is 0 Å². The van der Waals surface area contributed by atoms with Crippen molar-refractivity contribution in [2.45, 2.75) is 46.3 Å². The molecule has 0 aliphatic rings. The van der Waals surface area contributed by atoms with Gasteiger partial charge in [-0.15, -0.1) is 0 Å². The van der Waals surface area contributed by atoms with Crippen LogP contribution in [0.2, 0.25) is 0 Å². The maximum Gasteiger partial charge on any atom is 0.191 e. The van der Waals surface area contributed by atoms with E-state index in [0.717, 1.165) is 42.4 Å². The van der Waals surface area contributed by atoms with Crippen LogP contribution in [-0.2, 0) is 32.5 Å². The zero-order valence-corrected chi connectivity index (χ0v) is 16.8. The molecular weight excluding hydrogens is 352 g/mol. The molecule has 0 aliphatic heterocycles. The molecule has 7 heteroatoms. The van der Waals surface area contributed by atoms with E-state index in [9.17, 15) is 0 Å². The lowest BCUT2D eigenvalue weighted by molar-refractivity contribution is 0.380. The molecule has 0 aliphatic carbocycles. The van der Waals surface area contributed by atoms with Crippen molar-refractivity contribution >= 4 is 5.96 Å². The van der Waals surface area contributed by atoms with E-state index in [4.69, 9.17) is 4.52 Å². The minimum absolute atomic E-state index is 0.652. The monoisotopic (exact) mass is 380 g/mol. The van der Waals surface area contributed by atoms with Crippen molar-refractivity contribution < 1.29 is 4.52 Å². The van der Waals surface area contributed by atoms with E-state index in [1.54, 1.807) is 13.2 Å². The number of imidazole rings is 1. The van der Waals surface area contributed by atoms with Crippen molar-refractivity contribution in [3.05, 3.63) is 71.1 Å². The average Bonchev–Trinajstić information content (AvgIpc) is 3.38. The molecule has 0 amide bonds. The van der Waals surface area contributed by atoms with E-state index >= 15 is 0 Å². The minimum atomic E-state index is 0.652. The first kappa shape index (κ1) is 19.7. The lowest BCUT2D eigenvalue weighted by atomic mass is 10.1. The first-order valence-electron chi connectivity index (χ1n) is 9.67. The van der Waals surface area contributed by atoms with Gasteiger partial charge in [0.15, 0.2) is 5.96 Å². The number of aliphatic imine (C=N–C) groups is 1. The summed E-state index contributed by atoms with van der Waals surface area (Å²) in [5.41, 5.74) is 4.59. The van der Waals surface area contributed by atoms with Crippen LogP contribution in [-0.4, -0.2) is 27.7 Å². The minimum Gasteiger partial charge on any atom is -0.361 e. The van der Waals surface area contributed by atoms with Gasteiger partial charge in [-0.1, -0.05) is 43.3 Å². The van der Waals surface area contributed by atoms with Gasteiger partial charge < -0.3 is 19.7 Å². The summed E-state index contributed by atoms with van der Waals surface area (Å²) in [6.45, 7) is 6.35. The highest BCUT2D eigenvalue weighted by molar-refractivity contribution is 5.79. The molecule has 0 atom stereocenters. The van der Waals surface area contributed by atoms with Crippen LogP contribution in [0.25, 0.3) is 0 Å². The molecule has 7 nitrogen and oxygen atoms in total. The molecule has 0 unspecified atom stereocenters. The summed E-state index contributed by atoms with van der Waals surface area (Å²) in [6, 6.07) is 8.56. The van der Waals surface area contributed by atoms with Gasteiger partial charge in [-0.05, 0) is 17.5 Å². The molecule has 2 heterocycles. The van der Waals surface area contributed by atoms with Gasteiger partial charge in [0.25, 0.3) is 0 Å². The fourth-order valence-electron chi connectivity index (χ4n) is 3.07. The number of aryl methyl sites for hydroxylation is 2. The lowest BCUT2D eigenvalue weighted by Gasteiger charge is -2.12. The first-order chi connectivity index (χ1) is 13.7. The van der Waals surface area contributed by atoms with Gasteiger partial charge in [0.1, 0.15) is 5.76 Å². The first-order valence-corrected chi connectivity index (χ1v) is 9.67. The summed E-state index contributed by atoms with van der Waals surface area (Å²) < 4.78 is 7.48. The quantitative estimate of drug-likeness (QED) is 0.464. The molecule has 3 aromatic rings. The molecule has 0 saturated carbocycles. The fourth-order valence-corrected chi connectivity index (χ4v) is 3.07. The Morgan fingerprint density at radius 3 is 2.46 bits per heavy atom. The van der Waals surface area contributed by atoms with Gasteiger partial charge in [0.2, 0.25) is 0 Å². The van der Waals surface area contributed by atoms with E-state index in [1.807, 2.05) is 12.5 Å². The second-order valence-electron chi connectivity index (χ2n) is 6.57. The molecule has 148 valence electrons. The largest absolute Gasteiger partial charge is 0.361 e. The van der Waals surface area contributed by atoms with Crippen molar-refractivity contribution in [1.82, 2.24) is 25.3 Å². The third-order valence-corrected chi connectivity index (χ3v) is 4.67. The molecule has 0 fully saturated rings. The molecule has 2 N–H and O–H groups in total. The number of benzene rings is 1. The summed E-state index contributed by atoms with van der Waals surface area (Å²) in [5, 5.41) is 10.9. The second-order valence-corrected chi connectivity index (χ2v) is 6.57. The molecule has 28 heavy (non-hydrogen) atoms. The van der Waals surface area contributed by atoms with Gasteiger partial charge in [0, 0.05) is 51.1 Å². The molecule has 0 spiro atoms. The molecule has 0 bridgehead atoms. The maximum atomic E-state index is 5.42. The number of aromatic nitrogens is 3. The SMILES string of the molecule is CCc1noc(CC)c1CNC(=NC)NCc1ccc(Cn2ccnc2)cc1. The number of nitrogens with zero attached hydrogens (tertiary/aromatic N) is 4. The van der Waals surface area contributed by atoms with Crippen molar-refractivity contribution in [3.63, 3.8) is 0 Å². The van der Waals surface area contributed by atoms with Gasteiger partial charge in [0.05, 0.1) is 12.0 Å². The van der Waals surface area contributed by atoms with Crippen LogP contribution in [0.15, 0.2) is 52.5 Å². The summed E-state index contributed by atoms with van der Waals surface area (Å²) in [4.78, 5) is 8.39. The fraction of sp³-hybridized carbons (Fsp3) is 0.381. The summed E-state index contributed by atoms with van der Waals surface area (Å²) in [6.07, 6.45) is 7.28. The zero-order chi connectivity index (χ0) is 19.8. The van der Waals surface area contributed by atoms with Gasteiger partial charge in [-0.3, -0.25) is 4.99 Å². The Morgan fingerprint density at radius 1 is 1.07 bits per heavy atom. The Balaban J connectivity index is 1.52. The predicted molar refractivity (Wildman–Crippen MR) is 110 cm³/mol. The van der Waals surface area contributed by atoms with Crippen LogP contribution in [0, 0.1) is 0 Å². The van der Waals surface area contributed by atoms with Crippen LogP contribution in [0.1, 0.15) is 42.0 Å². The van der Waals surface area contributed by atoms with Crippen molar-refractivity contribution in [2.24, 2.45) is 4.99 Å². The molecule has 1 aromatic carbocycles. The maximum absolute atomic E-state index is 5.42. The zero-order valence-electron chi connectivity index (χ0n) is 16.8. The Hall–Kier alpha value is -3.09. The summed E-state index contributed by atoms with van der Waals surface area (Å²) in [5.74, 6) is 1.70. The van der Waals surface area contributed by atoms with Crippen LogP contribution < -0.4 is 10.6 Å². The average molecular weight is 380 g/mol. The van der Waals surface area contributed by atoms with Crippen molar-refractivity contribution in [3.8, 4) is 0 Å². The third kappa shape index (κ3) is 5.00. The highest BCUT2D eigenvalue weighted by Gasteiger charge is 2.13. The van der Waals surface area contributed by atoms with Gasteiger partial charge >= 0.3 is 0 Å². The summed E-state index contributed by atoms with van der Waals surface area (Å²) >= 11 is 0. The van der Waals surface area contributed by atoms with Gasteiger partial charge in [-0.2, -0.15) is 0 Å². The normalized spacial score (nSPS) is 11.6. The molecule has 0 saturated heterocycles. The smallest absolute Gasteiger partial charge is 0.191 e. The standard InChI is InChI=1S/C21H28N6O/c1-4-19-18(20(5-2)28-26-19)13-25-21(22-3)24-12-16-6-8-17(9-7-16)14-27-11-10-23-15-27/h6-11,15H,4-5,12-14H2,1-3H3,(H2,22,24,25). The Kier molecular flexibility index (Phi) is 6.84. The number of nitrogens with one attached hydrogen (secondary N) is 2. The third-order valence-electron chi connectivity index (χ3n) is 4.67. The van der Waals surface area contributed by atoms with E-state index in [0.29, 0.717) is 13.1 Å². The Morgan fingerprint density at radius 2 is 1.82 bits per heavy atom. The van der Waals surface area contributed by atoms with Crippen LogP contribution in [0.3, 0.4) is 0 Å².